The van der Waals surface area contributed by atoms with Crippen LogP contribution in [0.25, 0.3) is 0 Å². The van der Waals surface area contributed by atoms with Crippen LogP contribution in [0.1, 0.15) is 57.2 Å². The van der Waals surface area contributed by atoms with Gasteiger partial charge < -0.3 is 4.90 Å². The number of carbonyl (C=O) groups excluding carboxylic acids is 1. The summed E-state index contributed by atoms with van der Waals surface area (Å²) < 4.78 is 0. The van der Waals surface area contributed by atoms with Crippen molar-refractivity contribution in [2.45, 2.75) is 58.4 Å². The highest BCUT2D eigenvalue weighted by Gasteiger charge is 2.29. The second-order valence-corrected chi connectivity index (χ2v) is 8.90. The molecule has 0 N–H and O–H groups in total. The van der Waals surface area contributed by atoms with Gasteiger partial charge in [0, 0.05) is 42.9 Å². The van der Waals surface area contributed by atoms with Gasteiger partial charge in [0.25, 0.3) is 0 Å². The van der Waals surface area contributed by atoms with E-state index in [1.54, 1.807) is 11.3 Å². The van der Waals surface area contributed by atoms with E-state index < -0.39 is 0 Å². The van der Waals surface area contributed by atoms with Crippen LogP contribution in [0, 0.1) is 5.92 Å². The van der Waals surface area contributed by atoms with Gasteiger partial charge >= 0.3 is 0 Å². The molecule has 2 aliphatic rings. The highest BCUT2D eigenvalue weighted by molar-refractivity contribution is 7.09. The van der Waals surface area contributed by atoms with Crippen LogP contribution in [0.5, 0.6) is 0 Å². The summed E-state index contributed by atoms with van der Waals surface area (Å²) in [5.41, 5.74) is 1.31. The van der Waals surface area contributed by atoms with Crippen molar-refractivity contribution < 1.29 is 4.79 Å². The van der Waals surface area contributed by atoms with E-state index in [4.69, 9.17) is 4.98 Å². The lowest BCUT2D eigenvalue weighted by molar-refractivity contribution is -0.137. The quantitative estimate of drug-likeness (QED) is 0.850. The number of nitrogens with zero attached hydrogens (tertiary/aromatic N) is 3. The zero-order valence-corrected chi connectivity index (χ0v) is 15.5. The lowest BCUT2D eigenvalue weighted by Gasteiger charge is -2.35. The Labute approximate surface area is 143 Å². The van der Waals surface area contributed by atoms with Crippen molar-refractivity contribution in [2.75, 3.05) is 26.2 Å². The van der Waals surface area contributed by atoms with Crippen molar-refractivity contribution in [3.8, 4) is 0 Å². The van der Waals surface area contributed by atoms with Crippen molar-refractivity contribution in [1.82, 2.24) is 14.8 Å². The monoisotopic (exact) mass is 335 g/mol. The van der Waals surface area contributed by atoms with Gasteiger partial charge in [-0.25, -0.2) is 4.98 Å². The van der Waals surface area contributed by atoms with Crippen molar-refractivity contribution in [3.63, 3.8) is 0 Å². The van der Waals surface area contributed by atoms with Crippen LogP contribution in [0.15, 0.2) is 5.38 Å². The molecule has 0 unspecified atom stereocenters. The van der Waals surface area contributed by atoms with Crippen molar-refractivity contribution >= 4 is 17.2 Å². The molecule has 5 heteroatoms. The number of piperazine rings is 1. The maximum Gasteiger partial charge on any atom is 0.225 e. The van der Waals surface area contributed by atoms with E-state index in [-0.39, 0.29) is 5.41 Å². The first-order valence-corrected chi connectivity index (χ1v) is 9.77. The third kappa shape index (κ3) is 4.13. The maximum atomic E-state index is 12.5. The molecule has 4 nitrogen and oxygen atoms in total. The second-order valence-electron chi connectivity index (χ2n) is 7.96. The van der Waals surface area contributed by atoms with Crippen molar-refractivity contribution in [1.29, 1.82) is 0 Å². The Morgan fingerprint density at radius 2 is 1.87 bits per heavy atom. The summed E-state index contributed by atoms with van der Waals surface area (Å²) in [7, 11) is 0. The highest BCUT2D eigenvalue weighted by atomic mass is 32.1. The van der Waals surface area contributed by atoms with Gasteiger partial charge in [0.2, 0.25) is 5.91 Å². The van der Waals surface area contributed by atoms with Crippen LogP contribution in [0.2, 0.25) is 0 Å². The van der Waals surface area contributed by atoms with Crippen LogP contribution in [0.3, 0.4) is 0 Å². The van der Waals surface area contributed by atoms with Crippen LogP contribution in [0.4, 0.5) is 0 Å². The van der Waals surface area contributed by atoms with Crippen molar-refractivity contribution in [2.24, 2.45) is 5.92 Å². The Kier molecular flexibility index (Phi) is 5.07. The lowest BCUT2D eigenvalue weighted by atomic mass is 9.93. The fourth-order valence-electron chi connectivity index (χ4n) is 3.48. The van der Waals surface area contributed by atoms with Crippen LogP contribution in [-0.2, 0) is 16.8 Å². The molecule has 1 saturated heterocycles. The summed E-state index contributed by atoms with van der Waals surface area (Å²) in [4.78, 5) is 21.8. The molecule has 23 heavy (non-hydrogen) atoms. The summed E-state index contributed by atoms with van der Waals surface area (Å²) in [6.45, 7) is 11.3. The van der Waals surface area contributed by atoms with E-state index in [1.165, 1.54) is 23.5 Å². The molecule has 0 spiro atoms. The minimum absolute atomic E-state index is 0.126. The number of rotatable bonds is 3. The average Bonchev–Trinajstić information content (AvgIpc) is 3.18. The summed E-state index contributed by atoms with van der Waals surface area (Å²) in [5, 5.41) is 3.39. The molecule has 0 radical (unpaired) electrons. The number of hydrogen-bond acceptors (Lipinski definition) is 4. The Bertz CT molecular complexity index is 535. The van der Waals surface area contributed by atoms with Gasteiger partial charge in [-0.15, -0.1) is 11.3 Å². The first-order valence-electron chi connectivity index (χ1n) is 8.89. The SMILES string of the molecule is CC(C)(C)c1csc(CN2CCN(C(=O)C3CCCC3)CC2)n1. The van der Waals surface area contributed by atoms with Gasteiger partial charge in [0.1, 0.15) is 5.01 Å². The topological polar surface area (TPSA) is 36.4 Å². The van der Waals surface area contributed by atoms with Gasteiger partial charge in [0.15, 0.2) is 0 Å². The van der Waals surface area contributed by atoms with Gasteiger partial charge in [-0.2, -0.15) is 0 Å². The molecular formula is C18H29N3OS. The number of carbonyl (C=O) groups is 1. The third-order valence-corrected chi connectivity index (χ3v) is 5.90. The molecule has 1 aliphatic heterocycles. The normalized spacial score (nSPS) is 21.1. The molecule has 2 heterocycles. The minimum atomic E-state index is 0.126. The first-order chi connectivity index (χ1) is 10.9. The molecule has 1 aromatic heterocycles. The number of amides is 1. The molecular weight excluding hydrogens is 306 g/mol. The third-order valence-electron chi connectivity index (χ3n) is 5.07. The Morgan fingerprint density at radius 3 is 2.43 bits per heavy atom. The van der Waals surface area contributed by atoms with E-state index in [0.29, 0.717) is 11.8 Å². The number of hydrogen-bond donors (Lipinski definition) is 0. The van der Waals surface area contributed by atoms with E-state index in [2.05, 4.69) is 36.0 Å². The number of thiazole rings is 1. The van der Waals surface area contributed by atoms with E-state index in [9.17, 15) is 4.79 Å². The van der Waals surface area contributed by atoms with Crippen molar-refractivity contribution in [3.05, 3.63) is 16.1 Å². The smallest absolute Gasteiger partial charge is 0.225 e. The minimum Gasteiger partial charge on any atom is -0.340 e. The van der Waals surface area contributed by atoms with Gasteiger partial charge in [0.05, 0.1) is 12.2 Å². The Morgan fingerprint density at radius 1 is 1.22 bits per heavy atom. The fraction of sp³-hybridized carbons (Fsp3) is 0.778. The second kappa shape index (κ2) is 6.89. The van der Waals surface area contributed by atoms with Crippen LogP contribution in [-0.4, -0.2) is 46.9 Å². The summed E-state index contributed by atoms with van der Waals surface area (Å²) in [6.07, 6.45) is 4.68. The Hall–Kier alpha value is -0.940. The van der Waals surface area contributed by atoms with E-state index in [0.717, 1.165) is 45.6 Å². The zero-order chi connectivity index (χ0) is 16.4. The maximum absolute atomic E-state index is 12.5. The molecule has 0 bridgehead atoms. The molecule has 3 rings (SSSR count). The number of aromatic nitrogens is 1. The highest BCUT2D eigenvalue weighted by Crippen LogP contribution is 2.27. The predicted octanol–water partition coefficient (Wildman–Crippen LogP) is 3.28. The molecule has 1 saturated carbocycles. The lowest BCUT2D eigenvalue weighted by Crippen LogP contribution is -2.49. The molecule has 1 amide bonds. The summed E-state index contributed by atoms with van der Waals surface area (Å²) >= 11 is 1.76. The summed E-state index contributed by atoms with van der Waals surface area (Å²) in [6, 6.07) is 0. The Balaban J connectivity index is 1.49. The zero-order valence-electron chi connectivity index (χ0n) is 14.7. The molecule has 1 aromatic rings. The first kappa shape index (κ1) is 16.9. The molecule has 128 valence electrons. The molecule has 1 aliphatic carbocycles. The summed E-state index contributed by atoms with van der Waals surface area (Å²) in [5.74, 6) is 0.723. The largest absolute Gasteiger partial charge is 0.340 e. The van der Waals surface area contributed by atoms with Crippen LogP contribution >= 0.6 is 11.3 Å². The predicted molar refractivity (Wildman–Crippen MR) is 94.6 cm³/mol. The fourth-order valence-corrected chi connectivity index (χ4v) is 4.54. The van der Waals surface area contributed by atoms with E-state index >= 15 is 0 Å². The van der Waals surface area contributed by atoms with E-state index in [1.807, 2.05) is 0 Å². The average molecular weight is 336 g/mol. The molecule has 0 atom stereocenters. The van der Waals surface area contributed by atoms with Gasteiger partial charge in [-0.3, -0.25) is 9.69 Å². The molecule has 2 fully saturated rings. The van der Waals surface area contributed by atoms with Gasteiger partial charge in [-0.1, -0.05) is 33.6 Å². The van der Waals surface area contributed by atoms with Gasteiger partial charge in [-0.05, 0) is 12.8 Å². The standard InChI is InChI=1S/C18H29N3OS/c1-18(2,3)15-13-23-16(19-15)12-20-8-10-21(11-9-20)17(22)14-6-4-5-7-14/h13-14H,4-12H2,1-3H3. The van der Waals surface area contributed by atoms with Crippen LogP contribution < -0.4 is 0 Å². The molecule has 0 aromatic carbocycles.